The quantitative estimate of drug-likeness (QED) is 0.777. The molecule has 1 saturated carbocycles. The van der Waals surface area contributed by atoms with Gasteiger partial charge < -0.3 is 10.6 Å². The third-order valence-electron chi connectivity index (χ3n) is 5.10. The molecule has 0 saturated heterocycles. The van der Waals surface area contributed by atoms with E-state index in [1.807, 2.05) is 16.9 Å². The Balaban J connectivity index is 1.53. The number of amides is 1. The molecule has 0 bridgehead atoms. The van der Waals surface area contributed by atoms with Crippen LogP contribution < -0.4 is 10.6 Å². The van der Waals surface area contributed by atoms with Crippen molar-refractivity contribution in [1.29, 1.82) is 0 Å². The fourth-order valence-electron chi connectivity index (χ4n) is 3.08. The summed E-state index contributed by atoms with van der Waals surface area (Å²) in [5, 5.41) is 10.8. The third kappa shape index (κ3) is 4.69. The van der Waals surface area contributed by atoms with E-state index in [1.54, 1.807) is 6.20 Å². The second kappa shape index (κ2) is 7.83. The van der Waals surface area contributed by atoms with Crippen molar-refractivity contribution in [2.75, 3.05) is 6.54 Å². The molecule has 1 amide bonds. The van der Waals surface area contributed by atoms with Crippen LogP contribution in [0.2, 0.25) is 0 Å². The lowest BCUT2D eigenvalue weighted by Gasteiger charge is -2.23. The second-order valence-electron chi connectivity index (χ2n) is 7.19. The number of nitrogens with zero attached hydrogens (tertiary/aromatic N) is 2. The Kier molecular flexibility index (Phi) is 5.53. The van der Waals surface area contributed by atoms with E-state index in [0.717, 1.165) is 0 Å². The molecule has 0 spiro atoms. The number of carbonyl (C=O) groups is 1. The van der Waals surface area contributed by atoms with Gasteiger partial charge in [0.1, 0.15) is 0 Å². The van der Waals surface area contributed by atoms with Crippen molar-refractivity contribution in [2.24, 2.45) is 5.92 Å². The topological polar surface area (TPSA) is 59.0 Å². The smallest absolute Gasteiger partial charge is 0.234 e. The molecule has 0 unspecified atom stereocenters. The maximum Gasteiger partial charge on any atom is 0.234 e. The van der Waals surface area contributed by atoms with Crippen molar-refractivity contribution in [3.8, 4) is 0 Å². The van der Waals surface area contributed by atoms with Crippen molar-refractivity contribution in [3.63, 3.8) is 0 Å². The van der Waals surface area contributed by atoms with E-state index >= 15 is 0 Å². The first kappa shape index (κ1) is 17.7. The van der Waals surface area contributed by atoms with Crippen molar-refractivity contribution in [3.05, 3.63) is 53.9 Å². The first-order chi connectivity index (χ1) is 12.0. The lowest BCUT2D eigenvalue weighted by atomic mass is 10.0. The number of hydrogen-bond acceptors (Lipinski definition) is 3. The highest BCUT2D eigenvalue weighted by molar-refractivity contribution is 5.78. The normalized spacial score (nSPS) is 17.7. The fraction of sp³-hybridized carbons (Fsp3) is 0.500. The summed E-state index contributed by atoms with van der Waals surface area (Å²) in [6.07, 6.45) is 6.11. The Bertz CT molecular complexity index is 676. The molecule has 0 aliphatic heterocycles. The number of aryl methyl sites for hydroxylation is 1. The van der Waals surface area contributed by atoms with E-state index in [-0.39, 0.29) is 24.0 Å². The first-order valence-electron chi connectivity index (χ1n) is 9.13. The van der Waals surface area contributed by atoms with Gasteiger partial charge in [-0.2, -0.15) is 5.10 Å². The molecule has 0 radical (unpaired) electrons. The molecule has 1 aliphatic rings. The van der Waals surface area contributed by atoms with E-state index in [2.05, 4.69) is 60.8 Å². The molecule has 1 aromatic carbocycles. The lowest BCUT2D eigenvalue weighted by Crippen LogP contribution is -2.42. The molecular formula is C20H28N4O. The van der Waals surface area contributed by atoms with Crippen LogP contribution in [0.15, 0.2) is 42.7 Å². The largest absolute Gasteiger partial charge is 0.348 e. The summed E-state index contributed by atoms with van der Waals surface area (Å²) in [4.78, 5) is 12.4. The van der Waals surface area contributed by atoms with Gasteiger partial charge in [0.15, 0.2) is 0 Å². The summed E-state index contributed by atoms with van der Waals surface area (Å²) in [7, 11) is 0. The summed E-state index contributed by atoms with van der Waals surface area (Å²) >= 11 is 0. The van der Waals surface area contributed by atoms with Gasteiger partial charge in [-0.15, -0.1) is 0 Å². The zero-order valence-corrected chi connectivity index (χ0v) is 15.3. The van der Waals surface area contributed by atoms with Gasteiger partial charge in [-0.05, 0) is 51.2 Å². The van der Waals surface area contributed by atoms with Crippen LogP contribution in [0.1, 0.15) is 49.9 Å². The lowest BCUT2D eigenvalue weighted by molar-refractivity contribution is -0.121. The molecule has 1 aromatic heterocycles. The number of rotatable bonds is 8. The minimum atomic E-state index is 0.0528. The zero-order chi connectivity index (χ0) is 17.8. The van der Waals surface area contributed by atoms with Crippen LogP contribution in [0, 0.1) is 12.8 Å². The predicted octanol–water partition coefficient (Wildman–Crippen LogP) is 3.00. The average Bonchev–Trinajstić information content (AvgIpc) is 3.31. The van der Waals surface area contributed by atoms with Gasteiger partial charge in [0.25, 0.3) is 0 Å². The maximum atomic E-state index is 12.4. The van der Waals surface area contributed by atoms with Gasteiger partial charge in [0.05, 0.1) is 18.6 Å². The molecule has 5 nitrogen and oxygen atoms in total. The molecule has 1 heterocycles. The van der Waals surface area contributed by atoms with Crippen LogP contribution in [0.3, 0.4) is 0 Å². The Morgan fingerprint density at radius 2 is 2.00 bits per heavy atom. The summed E-state index contributed by atoms with van der Waals surface area (Å²) in [6, 6.07) is 10.9. The molecule has 3 atom stereocenters. The number of carbonyl (C=O) groups excluding carboxylic acids is 1. The number of hydrogen-bond donors (Lipinski definition) is 2. The second-order valence-corrected chi connectivity index (χ2v) is 7.19. The summed E-state index contributed by atoms with van der Waals surface area (Å²) in [5.74, 6) is 0.629. The first-order valence-corrected chi connectivity index (χ1v) is 9.13. The molecule has 1 fully saturated rings. The van der Waals surface area contributed by atoms with E-state index in [0.29, 0.717) is 12.5 Å². The van der Waals surface area contributed by atoms with E-state index in [1.165, 1.54) is 24.0 Å². The molecule has 2 N–H and O–H groups in total. The van der Waals surface area contributed by atoms with Crippen molar-refractivity contribution >= 4 is 5.91 Å². The predicted molar refractivity (Wildman–Crippen MR) is 99.2 cm³/mol. The highest BCUT2D eigenvalue weighted by Gasteiger charge is 2.33. The van der Waals surface area contributed by atoms with Gasteiger partial charge in [0.2, 0.25) is 5.91 Å². The van der Waals surface area contributed by atoms with Gasteiger partial charge in [-0.1, -0.05) is 29.8 Å². The van der Waals surface area contributed by atoms with Crippen molar-refractivity contribution in [2.45, 2.75) is 51.7 Å². The third-order valence-corrected chi connectivity index (χ3v) is 5.10. The maximum absolute atomic E-state index is 12.4. The number of benzene rings is 1. The summed E-state index contributed by atoms with van der Waals surface area (Å²) < 4.78 is 1.91. The average molecular weight is 340 g/mol. The SMILES string of the molecule is Cc1ccc([C@H](NC(=O)CN[C@@H](C)[C@H](C)n2cccn2)C2CC2)cc1. The Morgan fingerprint density at radius 1 is 1.28 bits per heavy atom. The van der Waals surface area contributed by atoms with Crippen LogP contribution in [0.5, 0.6) is 0 Å². The summed E-state index contributed by atoms with van der Waals surface area (Å²) in [5.41, 5.74) is 2.45. The van der Waals surface area contributed by atoms with Crippen LogP contribution >= 0.6 is 0 Å². The van der Waals surface area contributed by atoms with Crippen LogP contribution in [-0.2, 0) is 4.79 Å². The van der Waals surface area contributed by atoms with Crippen LogP contribution in [0.25, 0.3) is 0 Å². The summed E-state index contributed by atoms with van der Waals surface area (Å²) in [6.45, 7) is 6.59. The molecule has 25 heavy (non-hydrogen) atoms. The standard InChI is InChI=1S/C20H28N4O/c1-14-5-7-17(8-6-14)20(18-9-10-18)23-19(25)13-21-15(2)16(3)24-12-4-11-22-24/h4-8,11-12,15-16,18,20-21H,9-10,13H2,1-3H3,(H,23,25)/t15-,16-,20-/m0/s1. The minimum Gasteiger partial charge on any atom is -0.348 e. The Morgan fingerprint density at radius 3 is 2.60 bits per heavy atom. The fourth-order valence-corrected chi connectivity index (χ4v) is 3.08. The van der Waals surface area contributed by atoms with E-state index < -0.39 is 0 Å². The van der Waals surface area contributed by atoms with Gasteiger partial charge >= 0.3 is 0 Å². The number of nitrogens with one attached hydrogen (secondary N) is 2. The van der Waals surface area contributed by atoms with Gasteiger partial charge in [0, 0.05) is 18.4 Å². The minimum absolute atomic E-state index is 0.0528. The van der Waals surface area contributed by atoms with Crippen molar-refractivity contribution < 1.29 is 4.79 Å². The Labute approximate surface area is 149 Å². The van der Waals surface area contributed by atoms with Crippen LogP contribution in [0.4, 0.5) is 0 Å². The molecule has 134 valence electrons. The molecule has 1 aliphatic carbocycles. The van der Waals surface area contributed by atoms with Crippen LogP contribution in [-0.4, -0.2) is 28.3 Å². The highest BCUT2D eigenvalue weighted by Crippen LogP contribution is 2.40. The molecule has 2 aromatic rings. The van der Waals surface area contributed by atoms with Gasteiger partial charge in [-0.3, -0.25) is 9.48 Å². The highest BCUT2D eigenvalue weighted by atomic mass is 16.2. The molecule has 5 heteroatoms. The molecular weight excluding hydrogens is 312 g/mol. The van der Waals surface area contributed by atoms with Crippen molar-refractivity contribution in [1.82, 2.24) is 20.4 Å². The van der Waals surface area contributed by atoms with E-state index in [9.17, 15) is 4.79 Å². The Hall–Kier alpha value is -2.14. The zero-order valence-electron chi connectivity index (χ0n) is 15.3. The monoisotopic (exact) mass is 340 g/mol. The van der Waals surface area contributed by atoms with Gasteiger partial charge in [-0.25, -0.2) is 0 Å². The number of aromatic nitrogens is 2. The van der Waals surface area contributed by atoms with E-state index in [4.69, 9.17) is 0 Å². The molecule has 3 rings (SSSR count).